The molecule has 1 atom stereocenters. The first kappa shape index (κ1) is 15.8. The molecule has 24 heavy (non-hydrogen) atoms. The van der Waals surface area contributed by atoms with Gasteiger partial charge in [0.15, 0.2) is 11.5 Å². The summed E-state index contributed by atoms with van der Waals surface area (Å²) in [4.78, 5) is 20.4. The van der Waals surface area contributed by atoms with Crippen LogP contribution in [-0.2, 0) is 0 Å². The molecule has 2 amide bonds. The number of rotatable bonds is 4. The van der Waals surface area contributed by atoms with Gasteiger partial charge in [-0.2, -0.15) is 0 Å². The summed E-state index contributed by atoms with van der Waals surface area (Å²) < 4.78 is 10.7. The molecule has 0 fully saturated rings. The van der Waals surface area contributed by atoms with Crippen LogP contribution in [0.3, 0.4) is 0 Å². The van der Waals surface area contributed by atoms with Gasteiger partial charge in [-0.25, -0.2) is 9.78 Å². The molecule has 0 spiro atoms. The highest BCUT2D eigenvalue weighted by atomic mass is 16.5. The predicted octanol–water partition coefficient (Wildman–Crippen LogP) is 3.42. The number of amides is 2. The molecule has 0 radical (unpaired) electrons. The molecule has 0 aliphatic heterocycles. The van der Waals surface area contributed by atoms with Crippen molar-refractivity contribution in [3.63, 3.8) is 0 Å². The number of nitrogens with one attached hydrogen (secondary N) is 2. The zero-order valence-corrected chi connectivity index (χ0v) is 13.7. The van der Waals surface area contributed by atoms with Crippen molar-refractivity contribution >= 4 is 22.8 Å². The number of hydrogen-bond donors (Lipinski definition) is 2. The van der Waals surface area contributed by atoms with Crippen molar-refractivity contribution in [3.8, 4) is 5.75 Å². The number of fused-ring (bicyclic) bond motifs is 1. The van der Waals surface area contributed by atoms with E-state index in [1.165, 1.54) is 0 Å². The van der Waals surface area contributed by atoms with E-state index in [1.807, 2.05) is 13.0 Å². The monoisotopic (exact) mass is 326 g/mol. The van der Waals surface area contributed by atoms with Crippen molar-refractivity contribution in [2.24, 2.45) is 0 Å². The number of oxazole rings is 1. The van der Waals surface area contributed by atoms with E-state index in [4.69, 9.17) is 9.15 Å². The summed E-state index contributed by atoms with van der Waals surface area (Å²) in [5.74, 6) is 1.22. The van der Waals surface area contributed by atoms with Gasteiger partial charge in [0.2, 0.25) is 0 Å². The number of anilines is 1. The third kappa shape index (κ3) is 3.29. The second-order valence-corrected chi connectivity index (χ2v) is 5.35. The standard InChI is InChI=1S/C17H18N4O3/c1-10(13-6-7-18-9-16(13)23-3)19-17(22)21-12-4-5-14-15(8-12)24-11(2)20-14/h4-10H,1-3H3,(H2,19,21,22). The summed E-state index contributed by atoms with van der Waals surface area (Å²) in [5.41, 5.74) is 2.87. The molecule has 124 valence electrons. The van der Waals surface area contributed by atoms with E-state index in [0.717, 1.165) is 11.1 Å². The van der Waals surface area contributed by atoms with Crippen LogP contribution >= 0.6 is 0 Å². The number of hydrogen-bond acceptors (Lipinski definition) is 5. The molecule has 7 heteroatoms. The molecule has 1 unspecified atom stereocenters. The van der Waals surface area contributed by atoms with Crippen LogP contribution in [0.25, 0.3) is 11.1 Å². The maximum absolute atomic E-state index is 12.2. The van der Waals surface area contributed by atoms with Gasteiger partial charge in [0, 0.05) is 30.4 Å². The number of carbonyl (C=O) groups is 1. The number of ether oxygens (including phenoxy) is 1. The van der Waals surface area contributed by atoms with Crippen LogP contribution in [0.1, 0.15) is 24.4 Å². The van der Waals surface area contributed by atoms with Gasteiger partial charge in [-0.3, -0.25) is 4.98 Å². The molecule has 2 N–H and O–H groups in total. The fourth-order valence-corrected chi connectivity index (χ4v) is 2.48. The van der Waals surface area contributed by atoms with Gasteiger partial charge in [-0.05, 0) is 25.1 Å². The molecule has 0 aliphatic rings. The molecule has 1 aromatic carbocycles. The first-order chi connectivity index (χ1) is 11.6. The minimum Gasteiger partial charge on any atom is -0.495 e. The Kier molecular flexibility index (Phi) is 4.33. The van der Waals surface area contributed by atoms with E-state index in [-0.39, 0.29) is 12.1 Å². The van der Waals surface area contributed by atoms with Gasteiger partial charge >= 0.3 is 6.03 Å². The molecule has 0 aliphatic carbocycles. The number of carbonyl (C=O) groups excluding carboxylic acids is 1. The molecular weight excluding hydrogens is 308 g/mol. The molecule has 7 nitrogen and oxygen atoms in total. The second kappa shape index (κ2) is 6.57. The topological polar surface area (TPSA) is 89.3 Å². The fraction of sp³-hybridized carbons (Fsp3) is 0.235. The zero-order chi connectivity index (χ0) is 17.1. The Morgan fingerprint density at radius 3 is 2.96 bits per heavy atom. The van der Waals surface area contributed by atoms with E-state index in [9.17, 15) is 4.79 Å². The Hall–Kier alpha value is -3.09. The van der Waals surface area contributed by atoms with Crippen LogP contribution in [0, 0.1) is 6.92 Å². The largest absolute Gasteiger partial charge is 0.495 e. The van der Waals surface area contributed by atoms with Gasteiger partial charge in [-0.15, -0.1) is 0 Å². The summed E-state index contributed by atoms with van der Waals surface area (Å²) in [6.07, 6.45) is 3.28. The van der Waals surface area contributed by atoms with Gasteiger partial charge in [0.05, 0.1) is 19.3 Å². The van der Waals surface area contributed by atoms with Crippen molar-refractivity contribution in [3.05, 3.63) is 48.1 Å². The van der Waals surface area contributed by atoms with Gasteiger partial charge < -0.3 is 19.8 Å². The Morgan fingerprint density at radius 1 is 1.33 bits per heavy atom. The lowest BCUT2D eigenvalue weighted by Crippen LogP contribution is -2.31. The van der Waals surface area contributed by atoms with Crippen LogP contribution < -0.4 is 15.4 Å². The van der Waals surface area contributed by atoms with Crippen molar-refractivity contribution in [1.82, 2.24) is 15.3 Å². The highest BCUT2D eigenvalue weighted by Gasteiger charge is 2.14. The smallest absolute Gasteiger partial charge is 0.319 e. The minimum atomic E-state index is -0.322. The van der Waals surface area contributed by atoms with Crippen LogP contribution in [0.4, 0.5) is 10.5 Å². The number of aryl methyl sites for hydroxylation is 1. The number of benzene rings is 1. The van der Waals surface area contributed by atoms with E-state index >= 15 is 0 Å². The SMILES string of the molecule is COc1cnccc1C(C)NC(=O)Nc1ccc2nc(C)oc2c1. The van der Waals surface area contributed by atoms with Gasteiger partial charge in [0.25, 0.3) is 0 Å². The summed E-state index contributed by atoms with van der Waals surface area (Å²) in [7, 11) is 1.57. The fourth-order valence-electron chi connectivity index (χ4n) is 2.48. The normalized spacial score (nSPS) is 12.0. The molecule has 0 saturated heterocycles. The van der Waals surface area contributed by atoms with Crippen LogP contribution in [0.5, 0.6) is 5.75 Å². The lowest BCUT2D eigenvalue weighted by atomic mass is 10.1. The van der Waals surface area contributed by atoms with Crippen LogP contribution in [-0.4, -0.2) is 23.1 Å². The zero-order valence-electron chi connectivity index (χ0n) is 13.7. The van der Waals surface area contributed by atoms with Crippen molar-refractivity contribution in [1.29, 1.82) is 0 Å². The number of aromatic nitrogens is 2. The molecule has 2 heterocycles. The summed E-state index contributed by atoms with van der Waals surface area (Å²) in [6, 6.07) is 6.58. The Morgan fingerprint density at radius 2 is 2.17 bits per heavy atom. The Bertz CT molecular complexity index is 875. The van der Waals surface area contributed by atoms with Crippen LogP contribution in [0.2, 0.25) is 0 Å². The maximum atomic E-state index is 12.2. The summed E-state index contributed by atoms with van der Waals surface area (Å²) in [5, 5.41) is 5.66. The average molecular weight is 326 g/mol. The summed E-state index contributed by atoms with van der Waals surface area (Å²) in [6.45, 7) is 3.66. The number of pyridine rings is 1. The Labute approximate surface area is 139 Å². The van der Waals surface area contributed by atoms with Crippen LogP contribution in [0.15, 0.2) is 41.1 Å². The molecule has 0 saturated carbocycles. The molecule has 3 aromatic rings. The second-order valence-electron chi connectivity index (χ2n) is 5.35. The van der Waals surface area contributed by atoms with E-state index < -0.39 is 0 Å². The number of urea groups is 1. The third-order valence-electron chi connectivity index (χ3n) is 3.60. The first-order valence-corrected chi connectivity index (χ1v) is 7.49. The molecule has 2 aromatic heterocycles. The third-order valence-corrected chi connectivity index (χ3v) is 3.60. The molecular formula is C17H18N4O3. The van der Waals surface area contributed by atoms with Gasteiger partial charge in [-0.1, -0.05) is 0 Å². The predicted molar refractivity (Wildman–Crippen MR) is 90.1 cm³/mol. The number of nitrogens with zero attached hydrogens (tertiary/aromatic N) is 2. The highest BCUT2D eigenvalue weighted by Crippen LogP contribution is 2.24. The lowest BCUT2D eigenvalue weighted by molar-refractivity contribution is 0.249. The van der Waals surface area contributed by atoms with E-state index in [1.54, 1.807) is 44.6 Å². The van der Waals surface area contributed by atoms with Crippen molar-refractivity contribution < 1.29 is 13.9 Å². The van der Waals surface area contributed by atoms with Crippen molar-refractivity contribution in [2.45, 2.75) is 19.9 Å². The molecule has 0 bridgehead atoms. The summed E-state index contributed by atoms with van der Waals surface area (Å²) >= 11 is 0. The molecule has 3 rings (SSSR count). The first-order valence-electron chi connectivity index (χ1n) is 7.49. The van der Waals surface area contributed by atoms with Gasteiger partial charge in [0.1, 0.15) is 11.3 Å². The van der Waals surface area contributed by atoms with Crippen molar-refractivity contribution in [2.75, 3.05) is 12.4 Å². The lowest BCUT2D eigenvalue weighted by Gasteiger charge is -2.17. The Balaban J connectivity index is 1.69. The minimum absolute atomic E-state index is 0.237. The maximum Gasteiger partial charge on any atom is 0.319 e. The highest BCUT2D eigenvalue weighted by molar-refractivity contribution is 5.91. The average Bonchev–Trinajstić information content (AvgIpc) is 2.93. The quantitative estimate of drug-likeness (QED) is 0.767. The van der Waals surface area contributed by atoms with E-state index in [2.05, 4.69) is 20.6 Å². The number of methoxy groups -OCH3 is 1. The van der Waals surface area contributed by atoms with E-state index in [0.29, 0.717) is 22.9 Å².